The molecule has 7 nitrogen and oxygen atoms in total. The van der Waals surface area contributed by atoms with Crippen LogP contribution < -0.4 is 10.6 Å². The molecule has 2 amide bonds. The van der Waals surface area contributed by atoms with Crippen LogP contribution in [-0.4, -0.2) is 44.9 Å². The molecule has 0 radical (unpaired) electrons. The summed E-state index contributed by atoms with van der Waals surface area (Å²) in [6, 6.07) is 2.69. The van der Waals surface area contributed by atoms with Gasteiger partial charge in [0, 0.05) is 29.4 Å². The molecule has 19 heavy (non-hydrogen) atoms. The first-order valence-electron chi connectivity index (χ1n) is 5.49. The molecule has 1 aromatic rings. The Kier molecular flexibility index (Phi) is 5.94. The predicted molar refractivity (Wildman–Crippen MR) is 71.5 cm³/mol. The van der Waals surface area contributed by atoms with E-state index in [4.69, 9.17) is 5.11 Å². The summed E-state index contributed by atoms with van der Waals surface area (Å²) in [5, 5.41) is 13.7. The Morgan fingerprint density at radius 1 is 1.42 bits per heavy atom. The summed E-state index contributed by atoms with van der Waals surface area (Å²) >= 11 is 0. The number of pyridine rings is 1. The predicted octanol–water partition coefficient (Wildman–Crippen LogP) is 0.209. The molecule has 0 aliphatic heterocycles. The van der Waals surface area contributed by atoms with Crippen molar-refractivity contribution in [2.75, 3.05) is 23.9 Å². The van der Waals surface area contributed by atoms with Gasteiger partial charge in [0.15, 0.2) is 0 Å². The minimum Gasteiger partial charge on any atom is -0.481 e. The number of hydrogen-bond donors (Lipinski definition) is 3. The topological polar surface area (TPSA) is 108 Å². The molecule has 0 aromatic carbocycles. The van der Waals surface area contributed by atoms with Crippen molar-refractivity contribution >= 4 is 28.5 Å². The zero-order valence-corrected chi connectivity index (χ0v) is 11.2. The zero-order valence-electron chi connectivity index (χ0n) is 10.4. The second-order valence-electron chi connectivity index (χ2n) is 3.77. The molecule has 1 atom stereocenters. The minimum atomic E-state index is -0.960. The SMILES string of the molecule is CS(=O)CCNC(=O)Nc1ccc(CC(=O)O)nc1. The molecular formula is C11H15N3O4S. The Hall–Kier alpha value is -1.96. The lowest BCUT2D eigenvalue weighted by Crippen LogP contribution is -2.31. The highest BCUT2D eigenvalue weighted by atomic mass is 32.2. The number of carboxylic acid groups (broad SMARTS) is 1. The fraction of sp³-hybridized carbons (Fsp3) is 0.364. The average Bonchev–Trinajstić information content (AvgIpc) is 2.30. The number of carboxylic acids is 1. The maximum absolute atomic E-state index is 11.4. The quantitative estimate of drug-likeness (QED) is 0.692. The molecule has 1 unspecified atom stereocenters. The van der Waals surface area contributed by atoms with Gasteiger partial charge in [0.2, 0.25) is 0 Å². The van der Waals surface area contributed by atoms with Crippen molar-refractivity contribution in [3.8, 4) is 0 Å². The van der Waals surface area contributed by atoms with E-state index in [2.05, 4.69) is 15.6 Å². The van der Waals surface area contributed by atoms with E-state index in [-0.39, 0.29) is 6.42 Å². The summed E-state index contributed by atoms with van der Waals surface area (Å²) in [6.07, 6.45) is 2.79. The highest BCUT2D eigenvalue weighted by Crippen LogP contribution is 2.06. The number of rotatable bonds is 6. The van der Waals surface area contributed by atoms with Gasteiger partial charge in [-0.1, -0.05) is 0 Å². The highest BCUT2D eigenvalue weighted by molar-refractivity contribution is 7.84. The van der Waals surface area contributed by atoms with Gasteiger partial charge in [-0.25, -0.2) is 4.79 Å². The Morgan fingerprint density at radius 3 is 2.68 bits per heavy atom. The van der Waals surface area contributed by atoms with Crippen LogP contribution in [0.15, 0.2) is 18.3 Å². The number of urea groups is 1. The lowest BCUT2D eigenvalue weighted by atomic mass is 10.2. The lowest BCUT2D eigenvalue weighted by Gasteiger charge is -2.06. The van der Waals surface area contributed by atoms with Crippen molar-refractivity contribution in [3.63, 3.8) is 0 Å². The van der Waals surface area contributed by atoms with Crippen LogP contribution in [0.3, 0.4) is 0 Å². The molecule has 0 aliphatic carbocycles. The van der Waals surface area contributed by atoms with Crippen LogP contribution >= 0.6 is 0 Å². The first-order valence-corrected chi connectivity index (χ1v) is 7.21. The summed E-state index contributed by atoms with van der Waals surface area (Å²) in [4.78, 5) is 25.8. The van der Waals surface area contributed by atoms with E-state index < -0.39 is 22.8 Å². The third-order valence-electron chi connectivity index (χ3n) is 2.09. The normalized spacial score (nSPS) is 11.6. The van der Waals surface area contributed by atoms with Gasteiger partial charge in [0.25, 0.3) is 0 Å². The van der Waals surface area contributed by atoms with E-state index in [0.29, 0.717) is 23.7 Å². The number of hydrogen-bond acceptors (Lipinski definition) is 4. The second kappa shape index (κ2) is 7.47. The fourth-order valence-corrected chi connectivity index (χ4v) is 1.63. The summed E-state index contributed by atoms with van der Waals surface area (Å²) in [5.74, 6) is -0.568. The van der Waals surface area contributed by atoms with Crippen LogP contribution in [0.5, 0.6) is 0 Å². The van der Waals surface area contributed by atoms with Gasteiger partial charge >= 0.3 is 12.0 Å². The number of carbonyl (C=O) groups is 2. The molecule has 0 saturated heterocycles. The number of amides is 2. The minimum absolute atomic E-state index is 0.158. The Labute approximate surface area is 112 Å². The van der Waals surface area contributed by atoms with Gasteiger partial charge in [-0.2, -0.15) is 0 Å². The molecule has 1 rings (SSSR count). The number of nitrogens with zero attached hydrogens (tertiary/aromatic N) is 1. The lowest BCUT2D eigenvalue weighted by molar-refractivity contribution is -0.136. The van der Waals surface area contributed by atoms with Gasteiger partial charge in [-0.15, -0.1) is 0 Å². The van der Waals surface area contributed by atoms with Gasteiger partial charge in [-0.3, -0.25) is 14.0 Å². The summed E-state index contributed by atoms with van der Waals surface area (Å²) < 4.78 is 10.8. The zero-order chi connectivity index (χ0) is 14.3. The second-order valence-corrected chi connectivity index (χ2v) is 5.32. The summed E-state index contributed by atoms with van der Waals surface area (Å²) in [5.41, 5.74) is 0.879. The molecule has 0 aliphatic rings. The van der Waals surface area contributed by atoms with Crippen molar-refractivity contribution in [2.24, 2.45) is 0 Å². The maximum atomic E-state index is 11.4. The molecule has 1 heterocycles. The molecule has 3 N–H and O–H groups in total. The first-order chi connectivity index (χ1) is 8.97. The number of carbonyl (C=O) groups excluding carboxylic acids is 1. The highest BCUT2D eigenvalue weighted by Gasteiger charge is 2.04. The van der Waals surface area contributed by atoms with Crippen molar-refractivity contribution in [1.82, 2.24) is 10.3 Å². The molecule has 0 spiro atoms. The Balaban J connectivity index is 2.42. The van der Waals surface area contributed by atoms with Crippen molar-refractivity contribution < 1.29 is 18.9 Å². The standard InChI is InChI=1S/C11H15N3O4S/c1-19(18)5-4-12-11(17)14-9-3-2-8(13-7-9)6-10(15)16/h2-3,7H,4-6H2,1H3,(H,15,16)(H2,12,14,17). The Morgan fingerprint density at radius 2 is 2.16 bits per heavy atom. The van der Waals surface area contributed by atoms with Crippen LogP contribution in [0.1, 0.15) is 5.69 Å². The fourth-order valence-electron chi connectivity index (χ4n) is 1.24. The van der Waals surface area contributed by atoms with E-state index in [1.807, 2.05) is 0 Å². The number of nitrogens with one attached hydrogen (secondary N) is 2. The average molecular weight is 285 g/mol. The van der Waals surface area contributed by atoms with E-state index >= 15 is 0 Å². The summed E-state index contributed by atoms with van der Waals surface area (Å²) in [7, 11) is -0.948. The van der Waals surface area contributed by atoms with E-state index in [9.17, 15) is 13.8 Å². The molecule has 8 heteroatoms. The molecule has 0 saturated carbocycles. The Bertz CT molecular complexity index is 475. The first kappa shape index (κ1) is 15.1. The van der Waals surface area contributed by atoms with Crippen molar-refractivity contribution in [3.05, 3.63) is 24.0 Å². The third kappa shape index (κ3) is 6.51. The molecule has 1 aromatic heterocycles. The van der Waals surface area contributed by atoms with Crippen molar-refractivity contribution in [2.45, 2.75) is 6.42 Å². The van der Waals surface area contributed by atoms with Crippen molar-refractivity contribution in [1.29, 1.82) is 0 Å². The monoisotopic (exact) mass is 285 g/mol. The molecule has 0 bridgehead atoms. The van der Waals surface area contributed by atoms with E-state index in [1.54, 1.807) is 12.3 Å². The van der Waals surface area contributed by atoms with Gasteiger partial charge < -0.3 is 15.7 Å². The van der Waals surface area contributed by atoms with Crippen LogP contribution in [0.2, 0.25) is 0 Å². The van der Waals surface area contributed by atoms with Crippen LogP contribution in [0.25, 0.3) is 0 Å². The molecule has 0 fully saturated rings. The van der Waals surface area contributed by atoms with Gasteiger partial charge in [0.1, 0.15) is 0 Å². The molecular weight excluding hydrogens is 270 g/mol. The number of aliphatic carboxylic acids is 1. The van der Waals surface area contributed by atoms with Crippen LogP contribution in [0, 0.1) is 0 Å². The van der Waals surface area contributed by atoms with Gasteiger partial charge in [0.05, 0.1) is 24.0 Å². The van der Waals surface area contributed by atoms with Crippen LogP contribution in [0.4, 0.5) is 10.5 Å². The largest absolute Gasteiger partial charge is 0.481 e. The smallest absolute Gasteiger partial charge is 0.319 e. The number of aromatic nitrogens is 1. The maximum Gasteiger partial charge on any atom is 0.319 e. The van der Waals surface area contributed by atoms with E-state index in [0.717, 1.165) is 0 Å². The van der Waals surface area contributed by atoms with Crippen LogP contribution in [-0.2, 0) is 22.0 Å². The summed E-state index contributed by atoms with van der Waals surface area (Å²) in [6.45, 7) is 0.319. The van der Waals surface area contributed by atoms with Gasteiger partial charge in [-0.05, 0) is 12.1 Å². The third-order valence-corrected chi connectivity index (χ3v) is 2.87. The molecule has 104 valence electrons. The number of anilines is 1. The van der Waals surface area contributed by atoms with E-state index in [1.165, 1.54) is 12.3 Å².